The van der Waals surface area contributed by atoms with Gasteiger partial charge in [-0.1, -0.05) is 51.0 Å². The Hall–Kier alpha value is -1.84. The molecule has 0 bridgehead atoms. The Bertz CT molecular complexity index is 452. The summed E-state index contributed by atoms with van der Waals surface area (Å²) in [7, 11) is 0. The second-order valence-corrected chi connectivity index (χ2v) is 4.79. The largest absolute Gasteiger partial charge is 0.481 e. The van der Waals surface area contributed by atoms with Crippen molar-refractivity contribution in [1.29, 1.82) is 0 Å². The standard InChI is InChI=1S/C12H12O4.C4H10/c13-11(14)7-12(15)16-10-6-5-8-3-1-2-4-9(8)10;1-3-4-2/h1-4,10H,5-7H2,(H,13,14);3-4H2,1-2H3. The topological polar surface area (TPSA) is 63.6 Å². The minimum atomic E-state index is -1.16. The third kappa shape index (κ3) is 5.03. The summed E-state index contributed by atoms with van der Waals surface area (Å²) in [5.41, 5.74) is 2.18. The zero-order valence-corrected chi connectivity index (χ0v) is 12.1. The van der Waals surface area contributed by atoms with E-state index < -0.39 is 18.4 Å². The van der Waals surface area contributed by atoms with Crippen LogP contribution in [-0.4, -0.2) is 17.0 Å². The number of ether oxygens (including phenoxy) is 1. The van der Waals surface area contributed by atoms with Gasteiger partial charge in [0.25, 0.3) is 0 Å². The average Bonchev–Trinajstić information content (AvgIpc) is 2.82. The van der Waals surface area contributed by atoms with Crippen LogP contribution in [0.25, 0.3) is 0 Å². The molecule has 1 aromatic rings. The van der Waals surface area contributed by atoms with E-state index in [0.29, 0.717) is 0 Å². The number of benzene rings is 1. The van der Waals surface area contributed by atoms with Gasteiger partial charge in [-0.25, -0.2) is 0 Å². The molecule has 1 unspecified atom stereocenters. The molecule has 1 aliphatic rings. The van der Waals surface area contributed by atoms with Crippen LogP contribution in [0.2, 0.25) is 0 Å². The summed E-state index contributed by atoms with van der Waals surface area (Å²) in [5.74, 6) is -1.83. The number of unbranched alkanes of at least 4 members (excludes halogenated alkanes) is 1. The molecule has 0 aliphatic heterocycles. The van der Waals surface area contributed by atoms with Crippen LogP contribution < -0.4 is 0 Å². The molecule has 1 N–H and O–H groups in total. The van der Waals surface area contributed by atoms with Gasteiger partial charge < -0.3 is 9.84 Å². The lowest BCUT2D eigenvalue weighted by atomic mass is 10.1. The van der Waals surface area contributed by atoms with Crippen molar-refractivity contribution in [1.82, 2.24) is 0 Å². The first-order chi connectivity index (χ1) is 9.58. The van der Waals surface area contributed by atoms with Crippen LogP contribution in [0.15, 0.2) is 24.3 Å². The van der Waals surface area contributed by atoms with Crippen molar-refractivity contribution < 1.29 is 19.4 Å². The van der Waals surface area contributed by atoms with E-state index in [1.165, 1.54) is 18.4 Å². The number of carboxylic acids is 1. The number of hydrogen-bond donors (Lipinski definition) is 1. The van der Waals surface area contributed by atoms with E-state index >= 15 is 0 Å². The predicted molar refractivity (Wildman–Crippen MR) is 76.4 cm³/mol. The van der Waals surface area contributed by atoms with Crippen molar-refractivity contribution >= 4 is 11.9 Å². The van der Waals surface area contributed by atoms with E-state index in [2.05, 4.69) is 13.8 Å². The molecule has 0 radical (unpaired) electrons. The second kappa shape index (κ2) is 8.35. The highest BCUT2D eigenvalue weighted by molar-refractivity contribution is 5.90. The summed E-state index contributed by atoms with van der Waals surface area (Å²) in [6.07, 6.45) is 3.41. The smallest absolute Gasteiger partial charge is 0.317 e. The molecule has 0 saturated carbocycles. The SMILES string of the molecule is CCCC.O=C(O)CC(=O)OC1CCc2ccccc21. The molecule has 2 rings (SSSR count). The lowest BCUT2D eigenvalue weighted by molar-refractivity contribution is -0.155. The normalized spacial score (nSPS) is 15.8. The highest BCUT2D eigenvalue weighted by atomic mass is 16.5. The van der Waals surface area contributed by atoms with E-state index in [1.54, 1.807) is 0 Å². The van der Waals surface area contributed by atoms with Gasteiger partial charge in [-0.2, -0.15) is 0 Å². The minimum absolute atomic E-state index is 0.275. The fraction of sp³-hybridized carbons (Fsp3) is 0.500. The van der Waals surface area contributed by atoms with Gasteiger partial charge in [0.15, 0.2) is 0 Å². The maximum Gasteiger partial charge on any atom is 0.317 e. The molecule has 1 atom stereocenters. The average molecular weight is 278 g/mol. The lowest BCUT2D eigenvalue weighted by Gasteiger charge is -2.12. The van der Waals surface area contributed by atoms with Crippen molar-refractivity contribution in [3.63, 3.8) is 0 Å². The molecule has 0 spiro atoms. The Balaban J connectivity index is 0.000000444. The number of aryl methyl sites for hydroxylation is 1. The molecular weight excluding hydrogens is 256 g/mol. The Labute approximate surface area is 119 Å². The Morgan fingerprint density at radius 2 is 1.90 bits per heavy atom. The molecular formula is C16H22O4. The zero-order chi connectivity index (χ0) is 15.0. The van der Waals surface area contributed by atoms with Crippen LogP contribution in [0.5, 0.6) is 0 Å². The van der Waals surface area contributed by atoms with Crippen LogP contribution in [0.3, 0.4) is 0 Å². The summed E-state index contributed by atoms with van der Waals surface area (Å²) in [4.78, 5) is 21.5. The predicted octanol–water partition coefficient (Wildman–Crippen LogP) is 3.50. The number of fused-ring (bicyclic) bond motifs is 1. The maximum atomic E-state index is 11.2. The van der Waals surface area contributed by atoms with Crippen LogP contribution >= 0.6 is 0 Å². The van der Waals surface area contributed by atoms with E-state index in [4.69, 9.17) is 9.84 Å². The van der Waals surface area contributed by atoms with Crippen LogP contribution in [0.1, 0.15) is 56.8 Å². The van der Waals surface area contributed by atoms with E-state index in [1.807, 2.05) is 24.3 Å². The first-order valence-electron chi connectivity index (χ1n) is 7.07. The summed E-state index contributed by atoms with van der Waals surface area (Å²) in [6, 6.07) is 7.75. The second-order valence-electron chi connectivity index (χ2n) is 4.79. The molecule has 1 aliphatic carbocycles. The van der Waals surface area contributed by atoms with Crippen molar-refractivity contribution in [2.75, 3.05) is 0 Å². The van der Waals surface area contributed by atoms with Crippen molar-refractivity contribution in [3.8, 4) is 0 Å². The Morgan fingerprint density at radius 1 is 1.25 bits per heavy atom. The highest BCUT2D eigenvalue weighted by Gasteiger charge is 2.25. The third-order valence-corrected chi connectivity index (χ3v) is 3.15. The summed E-state index contributed by atoms with van der Waals surface area (Å²) in [5, 5.41) is 8.45. The number of carbonyl (C=O) groups excluding carboxylic acids is 1. The highest BCUT2D eigenvalue weighted by Crippen LogP contribution is 2.33. The first kappa shape index (κ1) is 16.2. The van der Waals surface area contributed by atoms with Gasteiger partial charge in [0.2, 0.25) is 0 Å². The third-order valence-electron chi connectivity index (χ3n) is 3.15. The monoisotopic (exact) mass is 278 g/mol. The number of aliphatic carboxylic acids is 1. The molecule has 0 heterocycles. The molecule has 0 amide bonds. The molecule has 0 fully saturated rings. The minimum Gasteiger partial charge on any atom is -0.481 e. The number of hydrogen-bond acceptors (Lipinski definition) is 3. The van der Waals surface area contributed by atoms with Gasteiger partial charge in [-0.05, 0) is 24.0 Å². The fourth-order valence-corrected chi connectivity index (χ4v) is 1.96. The van der Waals surface area contributed by atoms with E-state index in [9.17, 15) is 9.59 Å². The van der Waals surface area contributed by atoms with Gasteiger partial charge in [-0.15, -0.1) is 0 Å². The fourth-order valence-electron chi connectivity index (χ4n) is 1.96. The summed E-state index contributed by atoms with van der Waals surface area (Å²) >= 11 is 0. The van der Waals surface area contributed by atoms with Crippen LogP contribution in [0.4, 0.5) is 0 Å². The van der Waals surface area contributed by atoms with Gasteiger partial charge in [0.1, 0.15) is 12.5 Å². The van der Waals surface area contributed by atoms with Crippen molar-refractivity contribution in [2.45, 2.75) is 52.1 Å². The first-order valence-corrected chi connectivity index (χ1v) is 7.07. The van der Waals surface area contributed by atoms with Gasteiger partial charge in [-0.3, -0.25) is 9.59 Å². The van der Waals surface area contributed by atoms with E-state index in [0.717, 1.165) is 18.4 Å². The van der Waals surface area contributed by atoms with Gasteiger partial charge >= 0.3 is 11.9 Å². The molecule has 1 aromatic carbocycles. The molecule has 4 heteroatoms. The number of carbonyl (C=O) groups is 2. The molecule has 110 valence electrons. The van der Waals surface area contributed by atoms with Crippen molar-refractivity contribution in [3.05, 3.63) is 35.4 Å². The summed E-state index contributed by atoms with van der Waals surface area (Å²) < 4.78 is 5.13. The number of rotatable bonds is 4. The molecule has 4 nitrogen and oxygen atoms in total. The van der Waals surface area contributed by atoms with Gasteiger partial charge in [0, 0.05) is 0 Å². The molecule has 0 saturated heterocycles. The number of esters is 1. The Kier molecular flexibility index (Phi) is 6.77. The molecule has 0 aromatic heterocycles. The summed E-state index contributed by atoms with van der Waals surface area (Å²) in [6.45, 7) is 4.36. The van der Waals surface area contributed by atoms with Gasteiger partial charge in [0.05, 0.1) is 0 Å². The Morgan fingerprint density at radius 3 is 2.50 bits per heavy atom. The quantitative estimate of drug-likeness (QED) is 0.676. The number of carboxylic acid groups (broad SMARTS) is 1. The van der Waals surface area contributed by atoms with Crippen molar-refractivity contribution in [2.24, 2.45) is 0 Å². The molecule has 20 heavy (non-hydrogen) atoms. The van der Waals surface area contributed by atoms with Crippen LogP contribution in [0, 0.1) is 0 Å². The van der Waals surface area contributed by atoms with Crippen LogP contribution in [-0.2, 0) is 20.7 Å². The lowest BCUT2D eigenvalue weighted by Crippen LogP contribution is -2.13. The zero-order valence-electron chi connectivity index (χ0n) is 12.1. The maximum absolute atomic E-state index is 11.2. The van der Waals surface area contributed by atoms with E-state index in [-0.39, 0.29) is 6.10 Å².